The normalized spacial score (nSPS) is 13.3. The molecular weight excluding hydrogens is 266 g/mol. The van der Waals surface area contributed by atoms with Crippen LogP contribution in [-0.2, 0) is 6.42 Å². The molecule has 0 aliphatic heterocycles. The van der Waals surface area contributed by atoms with Crippen molar-refractivity contribution in [3.8, 4) is 0 Å². The van der Waals surface area contributed by atoms with E-state index in [9.17, 15) is 0 Å². The quantitative estimate of drug-likeness (QED) is 0.360. The first kappa shape index (κ1) is 17.7. The first-order chi connectivity index (χ1) is 10.5. The zero-order valence-electron chi connectivity index (χ0n) is 14.1. The second kappa shape index (κ2) is 8.81. The van der Waals surface area contributed by atoms with E-state index < -0.39 is 0 Å². The van der Waals surface area contributed by atoms with E-state index in [1.807, 2.05) is 13.0 Å². The zero-order valence-corrected chi connectivity index (χ0v) is 14.1. The van der Waals surface area contributed by atoms with Gasteiger partial charge in [0.05, 0.1) is 0 Å². The van der Waals surface area contributed by atoms with E-state index in [0.29, 0.717) is 0 Å². The van der Waals surface area contributed by atoms with Gasteiger partial charge in [0, 0.05) is 18.3 Å². The first-order valence-electron chi connectivity index (χ1n) is 7.47. The van der Waals surface area contributed by atoms with Crippen LogP contribution in [0, 0.1) is 6.92 Å². The fraction of sp³-hybridized carbons (Fsp3) is 0.238. The van der Waals surface area contributed by atoms with Gasteiger partial charge in [0.15, 0.2) is 0 Å². The zero-order chi connectivity index (χ0) is 16.5. The van der Waals surface area contributed by atoms with Gasteiger partial charge in [0.2, 0.25) is 0 Å². The van der Waals surface area contributed by atoms with Crippen molar-refractivity contribution in [1.82, 2.24) is 0 Å². The molecule has 0 radical (unpaired) electrons. The van der Waals surface area contributed by atoms with Gasteiger partial charge in [-0.15, -0.1) is 5.73 Å². The Morgan fingerprint density at radius 3 is 2.55 bits per heavy atom. The largest absolute Gasteiger partial charge is 0.261 e. The van der Waals surface area contributed by atoms with Gasteiger partial charge in [-0.05, 0) is 56.1 Å². The Bertz CT molecular complexity index is 678. The van der Waals surface area contributed by atoms with Crippen LogP contribution < -0.4 is 0 Å². The van der Waals surface area contributed by atoms with Crippen molar-refractivity contribution in [1.29, 1.82) is 0 Å². The van der Waals surface area contributed by atoms with E-state index in [1.54, 1.807) is 6.20 Å². The molecule has 1 nitrogen and oxygen atoms in total. The van der Waals surface area contributed by atoms with Crippen LogP contribution in [-0.4, -0.2) is 5.71 Å². The topological polar surface area (TPSA) is 12.4 Å². The summed E-state index contributed by atoms with van der Waals surface area (Å²) in [6, 6.07) is 8.52. The van der Waals surface area contributed by atoms with Crippen LogP contribution in [0.2, 0.25) is 0 Å². The molecule has 1 rings (SSSR count). The van der Waals surface area contributed by atoms with Gasteiger partial charge in [-0.25, -0.2) is 0 Å². The Balaban J connectivity index is 3.23. The number of aryl methyl sites for hydroxylation is 1. The molecule has 0 bridgehead atoms. The van der Waals surface area contributed by atoms with Crippen molar-refractivity contribution in [2.24, 2.45) is 4.99 Å². The van der Waals surface area contributed by atoms with Gasteiger partial charge >= 0.3 is 0 Å². The molecule has 1 aromatic carbocycles. The first-order valence-corrected chi connectivity index (χ1v) is 7.47. The van der Waals surface area contributed by atoms with Gasteiger partial charge in [-0.3, -0.25) is 4.99 Å². The Labute approximate surface area is 134 Å². The minimum absolute atomic E-state index is 0.797. The van der Waals surface area contributed by atoms with Gasteiger partial charge in [-0.2, -0.15) is 0 Å². The van der Waals surface area contributed by atoms with Crippen LogP contribution in [0.5, 0.6) is 0 Å². The molecule has 1 aromatic rings. The molecule has 1 heteroatoms. The monoisotopic (exact) mass is 291 g/mol. The molecule has 0 atom stereocenters. The molecule has 0 heterocycles. The van der Waals surface area contributed by atoms with Gasteiger partial charge in [0.1, 0.15) is 0 Å². The molecule has 0 aromatic heterocycles. The SMILES string of the molecule is C=C=CC(=C/C)/C(C)=C(\C)C(Cc1cccc(C)c1)=NC=C. The van der Waals surface area contributed by atoms with Crippen molar-refractivity contribution < 1.29 is 0 Å². The lowest BCUT2D eigenvalue weighted by molar-refractivity contribution is 1.24. The molecule has 0 spiro atoms. The standard InChI is InChI=1S/C21H25N/c1-7-11-20(8-2)17(5)18(6)21(22-9-3)15-19-13-10-12-16(4)14-19/h8-14H,1,3,15H2,2,4-6H3/b18-17+,20-8-,22-21?. The molecule has 0 fully saturated rings. The summed E-state index contributed by atoms with van der Waals surface area (Å²) in [6.45, 7) is 15.7. The van der Waals surface area contributed by atoms with E-state index in [4.69, 9.17) is 0 Å². The summed E-state index contributed by atoms with van der Waals surface area (Å²) in [7, 11) is 0. The summed E-state index contributed by atoms with van der Waals surface area (Å²) in [6.07, 6.45) is 6.37. The number of benzene rings is 1. The van der Waals surface area contributed by atoms with Crippen molar-refractivity contribution in [3.05, 3.63) is 89.4 Å². The molecule has 0 amide bonds. The number of rotatable bonds is 6. The predicted octanol–water partition coefficient (Wildman–Crippen LogP) is 5.75. The smallest absolute Gasteiger partial charge is 0.0479 e. The van der Waals surface area contributed by atoms with Crippen molar-refractivity contribution in [2.75, 3.05) is 0 Å². The lowest BCUT2D eigenvalue weighted by Gasteiger charge is -2.12. The highest BCUT2D eigenvalue weighted by molar-refractivity contribution is 6.02. The third-order valence-corrected chi connectivity index (χ3v) is 3.70. The van der Waals surface area contributed by atoms with E-state index in [1.165, 1.54) is 22.3 Å². The molecule has 0 saturated heterocycles. The average Bonchev–Trinajstić information content (AvgIpc) is 2.51. The van der Waals surface area contributed by atoms with Crippen LogP contribution in [0.4, 0.5) is 0 Å². The fourth-order valence-corrected chi connectivity index (χ4v) is 2.35. The number of hydrogen-bond donors (Lipinski definition) is 0. The Kier molecular flexibility index (Phi) is 7.08. The molecule has 114 valence electrons. The predicted molar refractivity (Wildman–Crippen MR) is 98.4 cm³/mol. The molecule has 0 aliphatic rings. The minimum atomic E-state index is 0.797. The highest BCUT2D eigenvalue weighted by Crippen LogP contribution is 2.19. The Hall–Kier alpha value is -2.37. The van der Waals surface area contributed by atoms with Crippen molar-refractivity contribution >= 4 is 5.71 Å². The third-order valence-electron chi connectivity index (χ3n) is 3.70. The lowest BCUT2D eigenvalue weighted by Crippen LogP contribution is -2.07. The molecule has 0 unspecified atom stereocenters. The maximum Gasteiger partial charge on any atom is 0.0479 e. The number of aliphatic imine (C=N–C) groups is 1. The summed E-state index contributed by atoms with van der Waals surface area (Å²) in [4.78, 5) is 4.49. The van der Waals surface area contributed by atoms with Gasteiger partial charge in [-0.1, -0.05) is 49.1 Å². The van der Waals surface area contributed by atoms with Gasteiger partial charge < -0.3 is 0 Å². The highest BCUT2D eigenvalue weighted by Gasteiger charge is 2.09. The maximum absolute atomic E-state index is 4.49. The highest BCUT2D eigenvalue weighted by atomic mass is 14.7. The average molecular weight is 291 g/mol. The number of allylic oxidation sites excluding steroid dienone is 5. The summed E-state index contributed by atoms with van der Waals surface area (Å²) in [5.74, 6) is 0. The summed E-state index contributed by atoms with van der Waals surface area (Å²) in [5.41, 5.74) is 9.88. The molecule has 0 aliphatic carbocycles. The van der Waals surface area contributed by atoms with Crippen LogP contribution in [0.15, 0.2) is 83.2 Å². The molecule has 0 N–H and O–H groups in total. The lowest BCUT2D eigenvalue weighted by atomic mass is 9.95. The van der Waals surface area contributed by atoms with Crippen molar-refractivity contribution in [3.63, 3.8) is 0 Å². The summed E-state index contributed by atoms with van der Waals surface area (Å²) >= 11 is 0. The second-order valence-corrected chi connectivity index (χ2v) is 5.27. The van der Waals surface area contributed by atoms with Crippen LogP contribution in [0.3, 0.4) is 0 Å². The van der Waals surface area contributed by atoms with Crippen LogP contribution in [0.1, 0.15) is 31.9 Å². The minimum Gasteiger partial charge on any atom is -0.261 e. The third kappa shape index (κ3) is 4.87. The maximum atomic E-state index is 4.49. The Morgan fingerprint density at radius 2 is 2.00 bits per heavy atom. The number of nitrogens with zero attached hydrogens (tertiary/aromatic N) is 1. The summed E-state index contributed by atoms with van der Waals surface area (Å²) < 4.78 is 0. The van der Waals surface area contributed by atoms with E-state index >= 15 is 0 Å². The molecule has 0 saturated carbocycles. The van der Waals surface area contributed by atoms with Crippen molar-refractivity contribution in [2.45, 2.75) is 34.1 Å². The van der Waals surface area contributed by atoms with Crippen LogP contribution >= 0.6 is 0 Å². The van der Waals surface area contributed by atoms with E-state index in [0.717, 1.165) is 17.7 Å². The van der Waals surface area contributed by atoms with E-state index in [-0.39, 0.29) is 0 Å². The molecular formula is C21H25N. The fourth-order valence-electron chi connectivity index (χ4n) is 2.35. The number of hydrogen-bond acceptors (Lipinski definition) is 1. The Morgan fingerprint density at radius 1 is 1.27 bits per heavy atom. The molecule has 22 heavy (non-hydrogen) atoms. The van der Waals surface area contributed by atoms with E-state index in [2.05, 4.69) is 75.0 Å². The van der Waals surface area contributed by atoms with Crippen LogP contribution in [0.25, 0.3) is 0 Å². The van der Waals surface area contributed by atoms with Gasteiger partial charge in [0.25, 0.3) is 0 Å². The second-order valence-electron chi connectivity index (χ2n) is 5.27. The summed E-state index contributed by atoms with van der Waals surface area (Å²) in [5, 5.41) is 0.